The number of benzene rings is 2. The summed E-state index contributed by atoms with van der Waals surface area (Å²) in [6, 6.07) is 14.5. The second-order valence-corrected chi connectivity index (χ2v) is 9.84. The van der Waals surface area contributed by atoms with E-state index in [1.54, 1.807) is 12.1 Å². The Hall–Kier alpha value is -2.18. The molecular weight excluding hydrogens is 384 g/mol. The van der Waals surface area contributed by atoms with E-state index in [-0.39, 0.29) is 11.9 Å². The molecule has 0 unspecified atom stereocenters. The van der Waals surface area contributed by atoms with Crippen LogP contribution in [0.25, 0.3) is 0 Å². The number of rotatable bonds is 7. The molecule has 2 aromatic rings. The molecule has 1 amide bonds. The summed E-state index contributed by atoms with van der Waals surface area (Å²) in [5, 5.41) is 3.10. The topological polar surface area (TPSA) is 66.5 Å². The summed E-state index contributed by atoms with van der Waals surface area (Å²) in [5.74, 6) is -0.311. The van der Waals surface area contributed by atoms with E-state index in [1.807, 2.05) is 25.1 Å². The molecule has 1 N–H and O–H groups in total. The first-order chi connectivity index (χ1) is 13.8. The van der Waals surface area contributed by atoms with Gasteiger partial charge in [-0.1, -0.05) is 55.5 Å². The van der Waals surface area contributed by atoms with Crippen molar-refractivity contribution in [1.29, 1.82) is 0 Å². The molecule has 0 aliphatic heterocycles. The lowest BCUT2D eigenvalue weighted by molar-refractivity contribution is -0.125. The molecule has 5 nitrogen and oxygen atoms in total. The highest BCUT2D eigenvalue weighted by Crippen LogP contribution is 2.28. The second-order valence-electron chi connectivity index (χ2n) is 7.80. The minimum absolute atomic E-state index is 0.158. The largest absolute Gasteiger partial charge is 0.348 e. The first-order valence-electron chi connectivity index (χ1n) is 10.2. The van der Waals surface area contributed by atoms with Crippen molar-refractivity contribution in [2.24, 2.45) is 0 Å². The highest BCUT2D eigenvalue weighted by Gasteiger charge is 2.32. The molecule has 1 aliphatic carbocycles. The number of nitrogens with zero attached hydrogens (tertiary/aromatic N) is 1. The molecule has 0 heterocycles. The van der Waals surface area contributed by atoms with Gasteiger partial charge in [-0.3, -0.25) is 4.79 Å². The quantitative estimate of drug-likeness (QED) is 0.750. The number of amides is 1. The van der Waals surface area contributed by atoms with Gasteiger partial charge < -0.3 is 5.32 Å². The predicted octanol–water partition coefficient (Wildman–Crippen LogP) is 3.77. The zero-order valence-corrected chi connectivity index (χ0v) is 18.2. The Morgan fingerprint density at radius 1 is 1.03 bits per heavy atom. The SMILES string of the molecule is CC[C@@H](NC(=O)[C@H](c1ccccc1)N(C)S(C)(=O)=O)c1ccc2c(c1)CCCC2. The first-order valence-corrected chi connectivity index (χ1v) is 12.1. The number of sulfonamides is 1. The van der Waals surface area contributed by atoms with E-state index in [9.17, 15) is 13.2 Å². The number of hydrogen-bond donors (Lipinski definition) is 1. The van der Waals surface area contributed by atoms with Gasteiger partial charge in [-0.05, 0) is 54.4 Å². The van der Waals surface area contributed by atoms with E-state index in [0.717, 1.165) is 35.4 Å². The molecule has 0 bridgehead atoms. The van der Waals surface area contributed by atoms with E-state index in [1.165, 1.54) is 31.0 Å². The number of carbonyl (C=O) groups excluding carboxylic acids is 1. The van der Waals surface area contributed by atoms with Crippen LogP contribution in [0.1, 0.15) is 60.5 Å². The van der Waals surface area contributed by atoms with Gasteiger partial charge in [0.15, 0.2) is 0 Å². The van der Waals surface area contributed by atoms with Crippen LogP contribution in [0.4, 0.5) is 0 Å². The van der Waals surface area contributed by atoms with Crippen LogP contribution in [0.15, 0.2) is 48.5 Å². The minimum Gasteiger partial charge on any atom is -0.348 e. The lowest BCUT2D eigenvalue weighted by atomic mass is 9.88. The molecule has 3 rings (SSSR count). The molecule has 1 aliphatic rings. The van der Waals surface area contributed by atoms with E-state index < -0.39 is 16.1 Å². The number of likely N-dealkylation sites (N-methyl/N-ethyl adjacent to an activating group) is 1. The lowest BCUT2D eigenvalue weighted by Gasteiger charge is -2.28. The molecule has 156 valence electrons. The predicted molar refractivity (Wildman–Crippen MR) is 116 cm³/mol. The summed E-state index contributed by atoms with van der Waals surface area (Å²) in [4.78, 5) is 13.2. The van der Waals surface area contributed by atoms with Crippen molar-refractivity contribution in [2.45, 2.75) is 51.1 Å². The summed E-state index contributed by atoms with van der Waals surface area (Å²) < 4.78 is 25.5. The van der Waals surface area contributed by atoms with E-state index >= 15 is 0 Å². The molecule has 0 fully saturated rings. The lowest BCUT2D eigenvalue weighted by Crippen LogP contribution is -2.42. The van der Waals surface area contributed by atoms with Gasteiger partial charge in [0.2, 0.25) is 15.9 Å². The van der Waals surface area contributed by atoms with Gasteiger partial charge in [-0.15, -0.1) is 0 Å². The van der Waals surface area contributed by atoms with E-state index in [2.05, 4.69) is 23.5 Å². The zero-order chi connectivity index (χ0) is 21.0. The molecule has 0 radical (unpaired) electrons. The Labute approximate surface area is 174 Å². The third-order valence-corrected chi connectivity index (χ3v) is 7.01. The van der Waals surface area contributed by atoms with Gasteiger partial charge in [0.1, 0.15) is 6.04 Å². The zero-order valence-electron chi connectivity index (χ0n) is 17.4. The normalized spacial score (nSPS) is 16.1. The molecule has 0 saturated heterocycles. The van der Waals surface area contributed by atoms with Crippen LogP contribution < -0.4 is 5.32 Å². The maximum absolute atomic E-state index is 13.2. The van der Waals surface area contributed by atoms with Crippen LogP contribution in [0.3, 0.4) is 0 Å². The molecule has 29 heavy (non-hydrogen) atoms. The molecule has 0 saturated carbocycles. The van der Waals surface area contributed by atoms with Gasteiger partial charge >= 0.3 is 0 Å². The average molecular weight is 415 g/mol. The van der Waals surface area contributed by atoms with Crippen molar-refractivity contribution in [3.63, 3.8) is 0 Å². The van der Waals surface area contributed by atoms with Gasteiger partial charge in [0.05, 0.1) is 12.3 Å². The van der Waals surface area contributed by atoms with E-state index in [0.29, 0.717) is 5.56 Å². The Morgan fingerprint density at radius 2 is 1.69 bits per heavy atom. The van der Waals surface area contributed by atoms with Crippen LogP contribution in [0, 0.1) is 0 Å². The van der Waals surface area contributed by atoms with Crippen LogP contribution in [-0.2, 0) is 27.7 Å². The Morgan fingerprint density at radius 3 is 2.31 bits per heavy atom. The molecule has 0 spiro atoms. The van der Waals surface area contributed by atoms with Crippen LogP contribution in [0.5, 0.6) is 0 Å². The number of fused-ring (bicyclic) bond motifs is 1. The molecule has 2 atom stereocenters. The monoisotopic (exact) mass is 414 g/mol. The first kappa shape index (κ1) is 21.5. The van der Waals surface area contributed by atoms with Gasteiger partial charge in [0, 0.05) is 7.05 Å². The van der Waals surface area contributed by atoms with Crippen LogP contribution in [-0.4, -0.2) is 31.9 Å². The number of nitrogens with one attached hydrogen (secondary N) is 1. The van der Waals surface area contributed by atoms with Crippen molar-refractivity contribution in [3.8, 4) is 0 Å². The standard InChI is InChI=1S/C23H30N2O3S/c1-4-21(20-15-14-17-10-8-9-13-19(17)16-20)24-23(26)22(25(2)29(3,27)28)18-11-6-5-7-12-18/h5-7,11-12,14-16,21-22H,4,8-10,13H2,1-3H3,(H,24,26)/t21-,22+/m1/s1. The maximum atomic E-state index is 13.2. The summed E-state index contributed by atoms with van der Waals surface area (Å²) in [7, 11) is -2.09. The number of hydrogen-bond acceptors (Lipinski definition) is 3. The fourth-order valence-corrected chi connectivity index (χ4v) is 4.60. The molecule has 2 aromatic carbocycles. The maximum Gasteiger partial charge on any atom is 0.243 e. The van der Waals surface area contributed by atoms with Crippen molar-refractivity contribution in [2.75, 3.05) is 13.3 Å². The molecule has 6 heteroatoms. The fraction of sp³-hybridized carbons (Fsp3) is 0.435. The van der Waals surface area contributed by atoms with Gasteiger partial charge in [-0.2, -0.15) is 4.31 Å². The summed E-state index contributed by atoms with van der Waals surface area (Å²) in [6.07, 6.45) is 6.49. The summed E-state index contributed by atoms with van der Waals surface area (Å²) >= 11 is 0. The number of aryl methyl sites for hydroxylation is 2. The molecular formula is C23H30N2O3S. The van der Waals surface area contributed by atoms with Crippen LogP contribution >= 0.6 is 0 Å². The van der Waals surface area contributed by atoms with Crippen molar-refractivity contribution in [1.82, 2.24) is 9.62 Å². The van der Waals surface area contributed by atoms with E-state index in [4.69, 9.17) is 0 Å². The Bertz CT molecular complexity index is 957. The Kier molecular flexibility index (Phi) is 6.75. The van der Waals surface area contributed by atoms with Crippen LogP contribution in [0.2, 0.25) is 0 Å². The third-order valence-electron chi connectivity index (χ3n) is 5.75. The molecule has 0 aromatic heterocycles. The smallest absolute Gasteiger partial charge is 0.243 e. The summed E-state index contributed by atoms with van der Waals surface area (Å²) in [6.45, 7) is 2.03. The number of carbonyl (C=O) groups is 1. The second kappa shape index (κ2) is 9.09. The van der Waals surface area contributed by atoms with Gasteiger partial charge in [0.25, 0.3) is 0 Å². The van der Waals surface area contributed by atoms with Crippen molar-refractivity contribution in [3.05, 3.63) is 70.8 Å². The Balaban J connectivity index is 1.87. The average Bonchev–Trinajstić information content (AvgIpc) is 2.72. The fourth-order valence-electron chi connectivity index (χ4n) is 4.00. The van der Waals surface area contributed by atoms with Crippen molar-refractivity contribution < 1.29 is 13.2 Å². The minimum atomic E-state index is -3.54. The summed E-state index contributed by atoms with van der Waals surface area (Å²) in [5.41, 5.74) is 4.50. The van der Waals surface area contributed by atoms with Gasteiger partial charge in [-0.25, -0.2) is 8.42 Å². The third kappa shape index (κ3) is 5.06. The van der Waals surface area contributed by atoms with Crippen molar-refractivity contribution >= 4 is 15.9 Å². The highest BCUT2D eigenvalue weighted by molar-refractivity contribution is 7.88. The highest BCUT2D eigenvalue weighted by atomic mass is 32.2.